The van der Waals surface area contributed by atoms with Crippen molar-refractivity contribution in [3.05, 3.63) is 29.3 Å². The van der Waals surface area contributed by atoms with E-state index in [1.807, 2.05) is 27.7 Å². The molecule has 0 N–H and O–H groups in total. The van der Waals surface area contributed by atoms with Gasteiger partial charge in [0.05, 0.1) is 6.61 Å². The van der Waals surface area contributed by atoms with Crippen molar-refractivity contribution < 1.29 is 22.7 Å². The number of ketones is 1. The molecule has 0 saturated carbocycles. The predicted molar refractivity (Wildman–Crippen MR) is 71.2 cm³/mol. The Balaban J connectivity index is 3.10. The molecular formula is C15H19F3O2. The number of halogens is 3. The van der Waals surface area contributed by atoms with E-state index in [0.717, 1.165) is 6.07 Å². The molecule has 2 nitrogen and oxygen atoms in total. The molecule has 0 bridgehead atoms. The topological polar surface area (TPSA) is 26.3 Å². The van der Waals surface area contributed by atoms with Gasteiger partial charge in [0.25, 0.3) is 5.78 Å². The van der Waals surface area contributed by atoms with Crippen LogP contribution in [0.2, 0.25) is 0 Å². The van der Waals surface area contributed by atoms with Crippen molar-refractivity contribution in [1.82, 2.24) is 0 Å². The fourth-order valence-electron chi connectivity index (χ4n) is 1.69. The van der Waals surface area contributed by atoms with Gasteiger partial charge in [-0.05, 0) is 35.6 Å². The molecule has 0 fully saturated rings. The van der Waals surface area contributed by atoms with E-state index in [0.29, 0.717) is 23.8 Å². The van der Waals surface area contributed by atoms with Gasteiger partial charge < -0.3 is 4.74 Å². The predicted octanol–water partition coefficient (Wildman–Crippen LogP) is 4.59. The number of benzene rings is 1. The lowest BCUT2D eigenvalue weighted by atomic mass is 9.98. The molecule has 0 unspecified atom stereocenters. The van der Waals surface area contributed by atoms with E-state index in [4.69, 9.17) is 4.74 Å². The minimum absolute atomic E-state index is 0.0295. The van der Waals surface area contributed by atoms with E-state index < -0.39 is 12.0 Å². The number of Topliss-reactive ketones (excluding diaryl/α,β-unsaturated/α-hetero) is 1. The Hall–Kier alpha value is -1.52. The average molecular weight is 288 g/mol. The average Bonchev–Trinajstić information content (AvgIpc) is 2.33. The van der Waals surface area contributed by atoms with E-state index in [-0.39, 0.29) is 11.5 Å². The van der Waals surface area contributed by atoms with Crippen LogP contribution in [-0.4, -0.2) is 18.6 Å². The van der Waals surface area contributed by atoms with Crippen LogP contribution in [0.3, 0.4) is 0 Å². The number of ether oxygens (including phenoxy) is 1. The quantitative estimate of drug-likeness (QED) is 0.741. The highest BCUT2D eigenvalue weighted by atomic mass is 19.4. The molecule has 0 aliphatic rings. The third kappa shape index (κ3) is 4.25. The van der Waals surface area contributed by atoms with Crippen molar-refractivity contribution in [2.45, 2.75) is 39.8 Å². The maximum atomic E-state index is 12.4. The van der Waals surface area contributed by atoms with Crippen LogP contribution in [0.5, 0.6) is 5.75 Å². The number of rotatable bonds is 5. The van der Waals surface area contributed by atoms with Gasteiger partial charge in [-0.15, -0.1) is 0 Å². The summed E-state index contributed by atoms with van der Waals surface area (Å²) in [5.74, 6) is -1.01. The lowest BCUT2D eigenvalue weighted by Crippen LogP contribution is -2.23. The van der Waals surface area contributed by atoms with Crippen LogP contribution in [0.15, 0.2) is 18.2 Å². The Bertz CT molecular complexity index is 476. The highest BCUT2D eigenvalue weighted by Gasteiger charge is 2.39. The number of hydrogen-bond acceptors (Lipinski definition) is 2. The van der Waals surface area contributed by atoms with E-state index >= 15 is 0 Å². The lowest BCUT2D eigenvalue weighted by Gasteiger charge is -2.17. The Kier molecular flexibility index (Phi) is 5.20. The monoisotopic (exact) mass is 288 g/mol. The molecule has 0 spiro atoms. The maximum Gasteiger partial charge on any atom is 0.454 e. The highest BCUT2D eigenvalue weighted by Crippen LogP contribution is 2.30. The van der Waals surface area contributed by atoms with Crippen LogP contribution in [-0.2, 0) is 0 Å². The minimum Gasteiger partial charge on any atom is -0.493 e. The first-order valence-corrected chi connectivity index (χ1v) is 6.51. The van der Waals surface area contributed by atoms with Gasteiger partial charge in [0.1, 0.15) is 5.75 Å². The van der Waals surface area contributed by atoms with E-state index in [9.17, 15) is 18.0 Å². The molecule has 20 heavy (non-hydrogen) atoms. The molecule has 1 aromatic carbocycles. The van der Waals surface area contributed by atoms with E-state index in [2.05, 4.69) is 0 Å². The molecule has 0 saturated heterocycles. The summed E-state index contributed by atoms with van der Waals surface area (Å²) in [4.78, 5) is 11.3. The summed E-state index contributed by atoms with van der Waals surface area (Å²) >= 11 is 0. The highest BCUT2D eigenvalue weighted by molar-refractivity contribution is 6.00. The molecule has 0 radical (unpaired) electrons. The number of hydrogen-bond donors (Lipinski definition) is 0. The summed E-state index contributed by atoms with van der Waals surface area (Å²) in [6.07, 6.45) is -4.85. The second kappa shape index (κ2) is 6.29. The molecule has 0 heterocycles. The third-order valence-corrected chi connectivity index (χ3v) is 2.72. The fraction of sp³-hybridized carbons (Fsp3) is 0.533. The van der Waals surface area contributed by atoms with Gasteiger partial charge in [-0.1, -0.05) is 27.7 Å². The summed E-state index contributed by atoms with van der Waals surface area (Å²) in [5.41, 5.74) is 0.263. The summed E-state index contributed by atoms with van der Waals surface area (Å²) in [5, 5.41) is 0. The molecular weight excluding hydrogens is 269 g/mol. The zero-order valence-electron chi connectivity index (χ0n) is 12.0. The van der Waals surface area contributed by atoms with Crippen molar-refractivity contribution in [2.24, 2.45) is 5.92 Å². The molecule has 112 valence electrons. The first-order valence-electron chi connectivity index (χ1n) is 6.51. The van der Waals surface area contributed by atoms with Crippen LogP contribution in [0.25, 0.3) is 0 Å². The molecule has 0 aliphatic carbocycles. The van der Waals surface area contributed by atoms with E-state index in [1.165, 1.54) is 12.1 Å². The number of carbonyl (C=O) groups is 1. The Morgan fingerprint density at radius 1 is 1.20 bits per heavy atom. The molecule has 0 aromatic heterocycles. The number of carbonyl (C=O) groups excluding carboxylic acids is 1. The number of alkyl halides is 3. The van der Waals surface area contributed by atoms with Crippen molar-refractivity contribution in [3.63, 3.8) is 0 Å². The van der Waals surface area contributed by atoms with E-state index in [1.54, 1.807) is 0 Å². The van der Waals surface area contributed by atoms with Crippen molar-refractivity contribution >= 4 is 5.78 Å². The first kappa shape index (κ1) is 16.5. The summed E-state index contributed by atoms with van der Waals surface area (Å²) in [7, 11) is 0. The summed E-state index contributed by atoms with van der Waals surface area (Å²) < 4.78 is 42.9. The molecule has 5 heteroatoms. The maximum absolute atomic E-state index is 12.4. The zero-order valence-corrected chi connectivity index (χ0v) is 12.0. The Labute approximate surface area is 116 Å². The summed E-state index contributed by atoms with van der Waals surface area (Å²) in [6.45, 7) is 8.14. The second-order valence-corrected chi connectivity index (χ2v) is 5.44. The molecule has 1 rings (SSSR count). The van der Waals surface area contributed by atoms with Gasteiger partial charge in [-0.25, -0.2) is 0 Å². The van der Waals surface area contributed by atoms with Crippen molar-refractivity contribution in [2.75, 3.05) is 6.61 Å². The van der Waals surface area contributed by atoms with Crippen LogP contribution < -0.4 is 4.74 Å². The van der Waals surface area contributed by atoms with Crippen LogP contribution in [0.4, 0.5) is 13.2 Å². The smallest absolute Gasteiger partial charge is 0.454 e. The standard InChI is InChI=1S/C15H19F3O2/c1-9(2)8-20-13-6-5-11(7-12(13)10(3)4)14(19)15(16,17)18/h5-7,9-10H,8H2,1-4H3. The molecule has 1 aromatic rings. The Morgan fingerprint density at radius 2 is 1.80 bits per heavy atom. The Morgan fingerprint density at radius 3 is 2.25 bits per heavy atom. The summed E-state index contributed by atoms with van der Waals surface area (Å²) in [6, 6.07) is 3.88. The zero-order chi connectivity index (χ0) is 15.5. The van der Waals surface area contributed by atoms with Gasteiger partial charge in [0.2, 0.25) is 0 Å². The van der Waals surface area contributed by atoms with Gasteiger partial charge in [-0.2, -0.15) is 13.2 Å². The van der Waals surface area contributed by atoms with Gasteiger partial charge in [0.15, 0.2) is 0 Å². The van der Waals surface area contributed by atoms with Crippen molar-refractivity contribution in [3.8, 4) is 5.75 Å². The SMILES string of the molecule is CC(C)COc1ccc(C(=O)C(F)(F)F)cc1C(C)C. The van der Waals surface area contributed by atoms with Gasteiger partial charge in [0, 0.05) is 5.56 Å². The second-order valence-electron chi connectivity index (χ2n) is 5.44. The van der Waals surface area contributed by atoms with Gasteiger partial charge >= 0.3 is 6.18 Å². The van der Waals surface area contributed by atoms with Gasteiger partial charge in [-0.3, -0.25) is 4.79 Å². The van der Waals surface area contributed by atoms with Crippen molar-refractivity contribution in [1.29, 1.82) is 0 Å². The minimum atomic E-state index is -4.85. The van der Waals surface area contributed by atoms with Crippen LogP contribution in [0, 0.1) is 5.92 Å². The van der Waals surface area contributed by atoms with Crippen LogP contribution >= 0.6 is 0 Å². The normalized spacial score (nSPS) is 12.1. The fourth-order valence-corrected chi connectivity index (χ4v) is 1.69. The van der Waals surface area contributed by atoms with Crippen LogP contribution in [0.1, 0.15) is 49.5 Å². The largest absolute Gasteiger partial charge is 0.493 e. The first-order chi connectivity index (χ1) is 9.12. The molecule has 0 aliphatic heterocycles. The molecule has 0 amide bonds. The molecule has 0 atom stereocenters. The third-order valence-electron chi connectivity index (χ3n) is 2.72. The lowest BCUT2D eigenvalue weighted by molar-refractivity contribution is -0.0885.